The van der Waals surface area contributed by atoms with Crippen molar-refractivity contribution in [2.24, 2.45) is 0 Å². The highest BCUT2D eigenvalue weighted by Gasteiger charge is 2.26. The van der Waals surface area contributed by atoms with E-state index in [1.807, 2.05) is 24.3 Å². The summed E-state index contributed by atoms with van der Waals surface area (Å²) in [5, 5.41) is 0.974. The van der Waals surface area contributed by atoms with Crippen molar-refractivity contribution in [1.29, 1.82) is 0 Å². The quantitative estimate of drug-likeness (QED) is 0.632. The van der Waals surface area contributed by atoms with Crippen LogP contribution in [0.2, 0.25) is 5.02 Å². The zero-order valence-electron chi connectivity index (χ0n) is 15.4. The number of anilines is 1. The molecule has 6 nitrogen and oxygen atoms in total. The fraction of sp³-hybridized carbons (Fsp3) is 0.238. The Bertz CT molecular complexity index is 1090. The zero-order valence-corrected chi connectivity index (χ0v) is 16.1. The predicted molar refractivity (Wildman–Crippen MR) is 109 cm³/mol. The Morgan fingerprint density at radius 3 is 2.57 bits per heavy atom. The maximum absolute atomic E-state index is 12.9. The number of rotatable bonds is 3. The molecule has 0 spiro atoms. The lowest BCUT2D eigenvalue weighted by atomic mass is 10.1. The number of halogens is 1. The first-order valence-corrected chi connectivity index (χ1v) is 9.36. The Hall–Kier alpha value is -2.99. The number of hydrogen-bond donors (Lipinski definition) is 0. The molecular weight excluding hydrogens is 380 g/mol. The molecule has 0 radical (unpaired) electrons. The lowest BCUT2D eigenvalue weighted by Gasteiger charge is -2.36. The highest BCUT2D eigenvalue weighted by molar-refractivity contribution is 6.34. The second kappa shape index (κ2) is 7.56. The van der Waals surface area contributed by atoms with Crippen molar-refractivity contribution in [3.63, 3.8) is 0 Å². The standard InChI is InChI=1S/C21H19ClN2O4/c1-27-18-8-3-2-7-17(18)23-9-11-24(12-10-23)20(25)15-13-14-5-4-6-16(22)19(14)28-21(15)26/h2-8,13H,9-12H2,1H3. The van der Waals surface area contributed by atoms with Gasteiger partial charge in [0.1, 0.15) is 11.3 Å². The van der Waals surface area contributed by atoms with Crippen molar-refractivity contribution < 1.29 is 13.9 Å². The van der Waals surface area contributed by atoms with E-state index >= 15 is 0 Å². The SMILES string of the molecule is COc1ccccc1N1CCN(C(=O)c2cc3cccc(Cl)c3oc2=O)CC1. The van der Waals surface area contributed by atoms with Gasteiger partial charge in [0.25, 0.3) is 5.91 Å². The molecule has 1 aliphatic rings. The van der Waals surface area contributed by atoms with E-state index in [2.05, 4.69) is 4.90 Å². The van der Waals surface area contributed by atoms with Gasteiger partial charge in [0, 0.05) is 31.6 Å². The van der Waals surface area contributed by atoms with Crippen LogP contribution in [0.1, 0.15) is 10.4 Å². The summed E-state index contributed by atoms with van der Waals surface area (Å²) in [6, 6.07) is 14.5. The van der Waals surface area contributed by atoms with Crippen molar-refractivity contribution in [2.75, 3.05) is 38.2 Å². The van der Waals surface area contributed by atoms with Crippen LogP contribution in [0.25, 0.3) is 11.0 Å². The molecule has 1 aromatic heterocycles. The normalized spacial score (nSPS) is 14.4. The summed E-state index contributed by atoms with van der Waals surface area (Å²) in [4.78, 5) is 29.1. The lowest BCUT2D eigenvalue weighted by molar-refractivity contribution is 0.0742. The fourth-order valence-electron chi connectivity index (χ4n) is 3.47. The second-order valence-electron chi connectivity index (χ2n) is 6.56. The summed E-state index contributed by atoms with van der Waals surface area (Å²) in [6.45, 7) is 2.31. The van der Waals surface area contributed by atoms with Crippen molar-refractivity contribution in [2.45, 2.75) is 0 Å². The molecule has 144 valence electrons. The monoisotopic (exact) mass is 398 g/mol. The molecule has 1 aliphatic heterocycles. The summed E-state index contributed by atoms with van der Waals surface area (Å²) in [5.74, 6) is 0.477. The maximum atomic E-state index is 12.9. The molecule has 2 aromatic carbocycles. The van der Waals surface area contributed by atoms with Crippen LogP contribution in [0.15, 0.2) is 57.7 Å². The van der Waals surface area contributed by atoms with E-state index in [0.29, 0.717) is 42.2 Å². The molecule has 0 unspecified atom stereocenters. The molecule has 1 amide bonds. The number of benzene rings is 2. The number of piperazine rings is 1. The molecule has 1 saturated heterocycles. The number of fused-ring (bicyclic) bond motifs is 1. The van der Waals surface area contributed by atoms with Crippen LogP contribution in [0.5, 0.6) is 5.75 Å². The average Bonchev–Trinajstić information content (AvgIpc) is 2.73. The Morgan fingerprint density at radius 2 is 1.82 bits per heavy atom. The van der Waals surface area contributed by atoms with Crippen molar-refractivity contribution in [3.8, 4) is 5.75 Å². The highest BCUT2D eigenvalue weighted by atomic mass is 35.5. The molecule has 2 heterocycles. The Labute approximate surface area is 166 Å². The molecule has 0 saturated carbocycles. The second-order valence-corrected chi connectivity index (χ2v) is 6.96. The number of hydrogen-bond acceptors (Lipinski definition) is 5. The van der Waals surface area contributed by atoms with Crippen molar-refractivity contribution in [1.82, 2.24) is 4.90 Å². The van der Waals surface area contributed by atoms with Crippen molar-refractivity contribution in [3.05, 3.63) is 69.5 Å². The smallest absolute Gasteiger partial charge is 0.349 e. The van der Waals surface area contributed by atoms with E-state index < -0.39 is 5.63 Å². The van der Waals surface area contributed by atoms with Crippen LogP contribution in [0, 0.1) is 0 Å². The molecule has 28 heavy (non-hydrogen) atoms. The van der Waals surface area contributed by atoms with Crippen LogP contribution >= 0.6 is 11.6 Å². The first kappa shape index (κ1) is 18.4. The van der Waals surface area contributed by atoms with Gasteiger partial charge < -0.3 is 19.0 Å². The third kappa shape index (κ3) is 3.31. The molecule has 1 fully saturated rings. The number of nitrogens with zero attached hydrogens (tertiary/aromatic N) is 2. The van der Waals surface area contributed by atoms with Gasteiger partial charge in [-0.2, -0.15) is 0 Å². The summed E-state index contributed by atoms with van der Waals surface area (Å²) in [6.07, 6.45) is 0. The number of amides is 1. The van der Waals surface area contributed by atoms with Gasteiger partial charge in [0.2, 0.25) is 0 Å². The summed E-state index contributed by atoms with van der Waals surface area (Å²) in [5.41, 5.74) is 0.655. The number of carbonyl (C=O) groups excluding carboxylic acids is 1. The zero-order chi connectivity index (χ0) is 19.7. The molecule has 3 aromatic rings. The fourth-order valence-corrected chi connectivity index (χ4v) is 3.69. The van der Waals surface area contributed by atoms with Gasteiger partial charge in [-0.25, -0.2) is 4.79 Å². The largest absolute Gasteiger partial charge is 0.495 e. The van der Waals surface area contributed by atoms with Crippen molar-refractivity contribution >= 4 is 34.2 Å². The van der Waals surface area contributed by atoms with Gasteiger partial charge in [-0.05, 0) is 24.3 Å². The molecule has 0 atom stereocenters. The minimum Gasteiger partial charge on any atom is -0.495 e. The van der Waals surface area contributed by atoms with E-state index in [1.54, 1.807) is 36.3 Å². The predicted octanol–water partition coefficient (Wildman–Crippen LogP) is 3.42. The van der Waals surface area contributed by atoms with Gasteiger partial charge in [-0.3, -0.25) is 4.79 Å². The molecule has 4 rings (SSSR count). The van der Waals surface area contributed by atoms with Crippen LogP contribution in [0.4, 0.5) is 5.69 Å². The molecular formula is C21H19ClN2O4. The summed E-state index contributed by atoms with van der Waals surface area (Å²) in [7, 11) is 1.64. The number of para-hydroxylation sites is 3. The van der Waals surface area contributed by atoms with Crippen LogP contribution < -0.4 is 15.3 Å². The lowest BCUT2D eigenvalue weighted by Crippen LogP contribution is -2.49. The molecule has 0 aliphatic carbocycles. The van der Waals surface area contributed by atoms with E-state index in [1.165, 1.54) is 0 Å². The summed E-state index contributed by atoms with van der Waals surface area (Å²) >= 11 is 6.06. The minimum absolute atomic E-state index is 0.0282. The van der Waals surface area contributed by atoms with Gasteiger partial charge >= 0.3 is 5.63 Å². The highest BCUT2D eigenvalue weighted by Crippen LogP contribution is 2.28. The first-order valence-electron chi connectivity index (χ1n) is 8.98. The molecule has 7 heteroatoms. The van der Waals surface area contributed by atoms with Crippen LogP contribution in [0.3, 0.4) is 0 Å². The third-order valence-corrected chi connectivity index (χ3v) is 5.23. The minimum atomic E-state index is -0.669. The van der Waals surface area contributed by atoms with Crippen LogP contribution in [-0.2, 0) is 0 Å². The number of ether oxygens (including phenoxy) is 1. The van der Waals surface area contributed by atoms with Crippen LogP contribution in [-0.4, -0.2) is 44.1 Å². The van der Waals surface area contributed by atoms with E-state index in [-0.39, 0.29) is 11.5 Å². The van der Waals surface area contributed by atoms with E-state index in [9.17, 15) is 9.59 Å². The van der Waals surface area contributed by atoms with Gasteiger partial charge in [0.15, 0.2) is 5.58 Å². The number of methoxy groups -OCH3 is 1. The molecule has 0 N–H and O–H groups in total. The van der Waals surface area contributed by atoms with Gasteiger partial charge in [0.05, 0.1) is 17.8 Å². The summed E-state index contributed by atoms with van der Waals surface area (Å²) < 4.78 is 10.7. The maximum Gasteiger partial charge on any atom is 0.349 e. The first-order chi connectivity index (χ1) is 13.6. The van der Waals surface area contributed by atoms with E-state index in [4.69, 9.17) is 20.8 Å². The number of carbonyl (C=O) groups is 1. The Kier molecular flexibility index (Phi) is 4.96. The van der Waals surface area contributed by atoms with Gasteiger partial charge in [-0.1, -0.05) is 35.9 Å². The third-order valence-electron chi connectivity index (χ3n) is 4.94. The average molecular weight is 399 g/mol. The Morgan fingerprint density at radius 1 is 1.07 bits per heavy atom. The molecule has 0 bridgehead atoms. The van der Waals surface area contributed by atoms with E-state index in [0.717, 1.165) is 11.4 Å². The van der Waals surface area contributed by atoms with Gasteiger partial charge in [-0.15, -0.1) is 0 Å². The Balaban J connectivity index is 1.54. The topological polar surface area (TPSA) is 63.0 Å².